The summed E-state index contributed by atoms with van der Waals surface area (Å²) < 4.78 is 6.80. The van der Waals surface area contributed by atoms with Crippen LogP contribution in [0.4, 0.5) is 0 Å². The Bertz CT molecular complexity index is 344. The molecule has 0 aliphatic rings. The van der Waals surface area contributed by atoms with Gasteiger partial charge in [0.1, 0.15) is 12.4 Å². The van der Waals surface area contributed by atoms with Crippen LogP contribution in [0.25, 0.3) is 0 Å². The minimum Gasteiger partial charge on any atom is -0.492 e. The van der Waals surface area contributed by atoms with Crippen molar-refractivity contribution in [3.8, 4) is 5.75 Å². The quantitative estimate of drug-likeness (QED) is 0.717. The Morgan fingerprint density at radius 1 is 1.54 bits per heavy atom. The van der Waals surface area contributed by atoms with E-state index in [2.05, 4.69) is 0 Å². The lowest BCUT2D eigenvalue weighted by atomic mass is 10.3. The molecule has 0 radical (unpaired) electrons. The zero-order valence-corrected chi connectivity index (χ0v) is 7.91. The largest absolute Gasteiger partial charge is 0.492 e. The van der Waals surface area contributed by atoms with E-state index >= 15 is 0 Å². The van der Waals surface area contributed by atoms with Crippen molar-refractivity contribution in [2.75, 3.05) is 13.2 Å². The fourth-order valence-corrected chi connectivity index (χ4v) is 0.997. The highest BCUT2D eigenvalue weighted by molar-refractivity contribution is 5.22. The molecule has 0 amide bonds. The molecule has 2 N–H and O–H groups in total. The van der Waals surface area contributed by atoms with Crippen molar-refractivity contribution in [1.82, 2.24) is 4.57 Å². The highest BCUT2D eigenvalue weighted by Crippen LogP contribution is 2.08. The molecule has 0 spiro atoms. The lowest BCUT2D eigenvalue weighted by Gasteiger charge is -2.07. The maximum Gasteiger partial charge on any atom is 0.254 e. The van der Waals surface area contributed by atoms with Crippen molar-refractivity contribution in [2.24, 2.45) is 12.8 Å². The van der Waals surface area contributed by atoms with Gasteiger partial charge in [0.15, 0.2) is 0 Å². The minimum atomic E-state index is -0.0629. The van der Waals surface area contributed by atoms with Crippen molar-refractivity contribution in [3.05, 3.63) is 28.2 Å². The predicted molar refractivity (Wildman–Crippen MR) is 51.0 cm³/mol. The van der Waals surface area contributed by atoms with Gasteiger partial charge >= 0.3 is 0 Å². The molecular formula is C9H14N2O2. The van der Waals surface area contributed by atoms with Gasteiger partial charge in [-0.25, -0.2) is 0 Å². The fourth-order valence-electron chi connectivity index (χ4n) is 0.997. The first-order valence-corrected chi connectivity index (χ1v) is 4.15. The Morgan fingerprint density at radius 3 is 2.77 bits per heavy atom. The van der Waals surface area contributed by atoms with Crippen LogP contribution < -0.4 is 16.0 Å². The summed E-state index contributed by atoms with van der Waals surface area (Å²) >= 11 is 0. The molecular weight excluding hydrogens is 168 g/mol. The van der Waals surface area contributed by atoms with E-state index in [1.165, 1.54) is 6.07 Å². The van der Waals surface area contributed by atoms with Crippen molar-refractivity contribution in [3.63, 3.8) is 0 Å². The lowest BCUT2D eigenvalue weighted by molar-refractivity contribution is 0.326. The minimum absolute atomic E-state index is 0.0629. The van der Waals surface area contributed by atoms with Crippen LogP contribution in [0.1, 0.15) is 5.69 Å². The van der Waals surface area contributed by atoms with E-state index in [9.17, 15) is 4.79 Å². The Labute approximate surface area is 76.9 Å². The molecule has 1 rings (SSSR count). The average Bonchev–Trinajstić information content (AvgIpc) is 2.10. The number of pyridine rings is 1. The lowest BCUT2D eigenvalue weighted by Crippen LogP contribution is -2.19. The molecule has 0 aromatic carbocycles. The van der Waals surface area contributed by atoms with Crippen LogP contribution in [-0.4, -0.2) is 17.7 Å². The normalized spacial score (nSPS) is 10.1. The standard InChI is InChI=1S/C9H14N2O2/c1-7-5-8(13-4-3-10)6-9(12)11(7)2/h5-6H,3-4,10H2,1-2H3. The number of aromatic nitrogens is 1. The molecule has 0 saturated heterocycles. The van der Waals surface area contributed by atoms with Crippen LogP contribution in [0, 0.1) is 6.92 Å². The third kappa shape index (κ3) is 2.32. The summed E-state index contributed by atoms with van der Waals surface area (Å²) in [6, 6.07) is 3.28. The van der Waals surface area contributed by atoms with Crippen molar-refractivity contribution in [2.45, 2.75) is 6.92 Å². The van der Waals surface area contributed by atoms with Gasteiger partial charge in [-0.2, -0.15) is 0 Å². The summed E-state index contributed by atoms with van der Waals surface area (Å²) in [6.07, 6.45) is 0. The van der Waals surface area contributed by atoms with Gasteiger partial charge in [0.25, 0.3) is 5.56 Å². The Kier molecular flexibility index (Phi) is 3.08. The third-order valence-corrected chi connectivity index (χ3v) is 1.86. The number of hydrogen-bond acceptors (Lipinski definition) is 3. The van der Waals surface area contributed by atoms with Crippen LogP contribution in [0.3, 0.4) is 0 Å². The summed E-state index contributed by atoms with van der Waals surface area (Å²) in [5.74, 6) is 0.589. The first-order valence-electron chi connectivity index (χ1n) is 4.15. The predicted octanol–water partition coefficient (Wildman–Crippen LogP) is 0.0312. The van der Waals surface area contributed by atoms with E-state index < -0.39 is 0 Å². The highest BCUT2D eigenvalue weighted by atomic mass is 16.5. The number of nitrogens with zero attached hydrogens (tertiary/aromatic N) is 1. The SMILES string of the molecule is Cc1cc(OCCN)cc(=O)n1C. The number of hydrogen-bond donors (Lipinski definition) is 1. The summed E-state index contributed by atoms with van der Waals surface area (Å²) in [5.41, 5.74) is 6.09. The third-order valence-electron chi connectivity index (χ3n) is 1.86. The van der Waals surface area contributed by atoms with Crippen LogP contribution in [0.15, 0.2) is 16.9 Å². The molecule has 0 fully saturated rings. The second-order valence-electron chi connectivity index (χ2n) is 2.87. The summed E-state index contributed by atoms with van der Waals surface area (Å²) in [5, 5.41) is 0. The van der Waals surface area contributed by atoms with Gasteiger partial charge in [-0.05, 0) is 13.0 Å². The van der Waals surface area contributed by atoms with Crippen molar-refractivity contribution >= 4 is 0 Å². The monoisotopic (exact) mass is 182 g/mol. The van der Waals surface area contributed by atoms with Gasteiger partial charge < -0.3 is 15.0 Å². The summed E-state index contributed by atoms with van der Waals surface area (Å²) in [6.45, 7) is 2.75. The molecule has 0 aliphatic carbocycles. The Balaban J connectivity index is 2.93. The molecule has 0 atom stereocenters. The van der Waals surface area contributed by atoms with Gasteiger partial charge in [0, 0.05) is 25.4 Å². The number of ether oxygens (including phenoxy) is 1. The Hall–Kier alpha value is -1.29. The van der Waals surface area contributed by atoms with E-state index in [0.29, 0.717) is 18.9 Å². The van der Waals surface area contributed by atoms with Crippen molar-refractivity contribution in [1.29, 1.82) is 0 Å². The number of rotatable bonds is 3. The molecule has 1 aromatic rings. The first kappa shape index (κ1) is 9.80. The fraction of sp³-hybridized carbons (Fsp3) is 0.444. The van der Waals surface area contributed by atoms with Gasteiger partial charge in [0.2, 0.25) is 0 Å². The summed E-state index contributed by atoms with van der Waals surface area (Å²) in [7, 11) is 1.73. The number of aryl methyl sites for hydroxylation is 1. The average molecular weight is 182 g/mol. The molecule has 0 saturated carbocycles. The first-order chi connectivity index (χ1) is 6.15. The summed E-state index contributed by atoms with van der Waals surface area (Å²) in [4.78, 5) is 11.3. The van der Waals surface area contributed by atoms with Crippen LogP contribution in [0.5, 0.6) is 5.75 Å². The molecule has 1 aromatic heterocycles. The Morgan fingerprint density at radius 2 is 2.23 bits per heavy atom. The zero-order chi connectivity index (χ0) is 9.84. The van der Waals surface area contributed by atoms with Gasteiger partial charge in [-0.15, -0.1) is 0 Å². The van der Waals surface area contributed by atoms with Crippen LogP contribution in [-0.2, 0) is 7.05 Å². The molecule has 0 bridgehead atoms. The van der Waals surface area contributed by atoms with Crippen molar-refractivity contribution < 1.29 is 4.74 Å². The molecule has 72 valence electrons. The molecule has 13 heavy (non-hydrogen) atoms. The van der Waals surface area contributed by atoms with E-state index in [-0.39, 0.29) is 5.56 Å². The second kappa shape index (κ2) is 4.09. The van der Waals surface area contributed by atoms with Gasteiger partial charge in [-0.1, -0.05) is 0 Å². The smallest absolute Gasteiger partial charge is 0.254 e. The molecule has 0 unspecified atom stereocenters. The highest BCUT2D eigenvalue weighted by Gasteiger charge is 1.99. The van der Waals surface area contributed by atoms with Gasteiger partial charge in [0.05, 0.1) is 0 Å². The van der Waals surface area contributed by atoms with E-state index in [0.717, 1.165) is 5.69 Å². The maximum absolute atomic E-state index is 11.3. The topological polar surface area (TPSA) is 57.2 Å². The van der Waals surface area contributed by atoms with Crippen LogP contribution >= 0.6 is 0 Å². The molecule has 1 heterocycles. The maximum atomic E-state index is 11.3. The molecule has 4 heteroatoms. The van der Waals surface area contributed by atoms with Crippen LogP contribution in [0.2, 0.25) is 0 Å². The van der Waals surface area contributed by atoms with E-state index in [1.54, 1.807) is 11.6 Å². The van der Waals surface area contributed by atoms with E-state index in [1.807, 2.05) is 13.0 Å². The molecule has 0 aliphatic heterocycles. The number of nitrogens with two attached hydrogens (primary N) is 1. The van der Waals surface area contributed by atoms with E-state index in [4.69, 9.17) is 10.5 Å². The zero-order valence-electron chi connectivity index (χ0n) is 7.91. The second-order valence-corrected chi connectivity index (χ2v) is 2.87. The van der Waals surface area contributed by atoms with Gasteiger partial charge in [-0.3, -0.25) is 4.79 Å². The molecule has 4 nitrogen and oxygen atoms in total.